The Balaban J connectivity index is 1.43. The summed E-state index contributed by atoms with van der Waals surface area (Å²) in [6.45, 7) is 0.0187. The number of thioether (sulfide) groups is 1. The number of hydrogen-bond acceptors (Lipinski definition) is 10. The van der Waals surface area contributed by atoms with Crippen LogP contribution in [0.5, 0.6) is 0 Å². The van der Waals surface area contributed by atoms with E-state index in [0.717, 1.165) is 24.8 Å². The van der Waals surface area contributed by atoms with Crippen molar-refractivity contribution in [2.45, 2.75) is 36.8 Å². The van der Waals surface area contributed by atoms with E-state index in [0.29, 0.717) is 10.9 Å². The summed E-state index contributed by atoms with van der Waals surface area (Å²) in [4.78, 5) is 47.6. The van der Waals surface area contributed by atoms with Crippen LogP contribution in [-0.2, 0) is 19.2 Å². The molecule has 3 atom stereocenters. The molecular weight excluding hydrogens is 456 g/mol. The Labute approximate surface area is 191 Å². The van der Waals surface area contributed by atoms with Crippen LogP contribution < -0.4 is 16.8 Å². The van der Waals surface area contributed by atoms with Gasteiger partial charge in [0, 0.05) is 17.3 Å². The van der Waals surface area contributed by atoms with Crippen molar-refractivity contribution in [2.24, 2.45) is 10.9 Å². The molecular formula is C19H22N6O5S2. The van der Waals surface area contributed by atoms with Crippen LogP contribution in [0.1, 0.15) is 25.0 Å². The van der Waals surface area contributed by atoms with Crippen molar-refractivity contribution in [2.75, 3.05) is 18.1 Å². The van der Waals surface area contributed by atoms with Crippen molar-refractivity contribution in [3.8, 4) is 0 Å². The van der Waals surface area contributed by atoms with Gasteiger partial charge in [-0.15, -0.1) is 23.1 Å². The molecule has 32 heavy (non-hydrogen) atoms. The van der Waals surface area contributed by atoms with E-state index in [4.69, 9.17) is 21.0 Å². The van der Waals surface area contributed by atoms with Crippen molar-refractivity contribution in [3.63, 3.8) is 0 Å². The molecule has 5 N–H and O–H groups in total. The number of carbonyl (C=O) groups excluding carboxylic acids is 3. The van der Waals surface area contributed by atoms with Crippen LogP contribution >= 0.6 is 23.1 Å². The number of rotatable bonds is 7. The number of anilines is 1. The Bertz CT molecular complexity index is 1010. The minimum Gasteiger partial charge on any atom is -0.445 e. The number of fused-ring (bicyclic) bond motifs is 1. The highest BCUT2D eigenvalue weighted by Crippen LogP contribution is 2.36. The summed E-state index contributed by atoms with van der Waals surface area (Å²) in [6.07, 6.45) is 7.23. The van der Waals surface area contributed by atoms with E-state index in [9.17, 15) is 14.4 Å². The highest BCUT2D eigenvalue weighted by molar-refractivity contribution is 8.00. The van der Waals surface area contributed by atoms with Crippen molar-refractivity contribution in [1.29, 1.82) is 0 Å². The van der Waals surface area contributed by atoms with E-state index in [1.807, 2.05) is 12.2 Å². The first-order chi connectivity index (χ1) is 15.4. The Hall–Kier alpha value is -3.06. The van der Waals surface area contributed by atoms with E-state index in [2.05, 4.69) is 15.5 Å². The topological polar surface area (TPSA) is 162 Å². The van der Waals surface area contributed by atoms with Gasteiger partial charge in [0.1, 0.15) is 29.8 Å². The second-order valence-corrected chi connectivity index (χ2v) is 9.30. The third-order valence-corrected chi connectivity index (χ3v) is 7.05. The molecule has 3 heterocycles. The standard InChI is InChI=1S/C19H22N6O5S2/c20-18-22-12(9-32-18)13(24-30-11-4-2-1-3-5-11)15(26)23-14-16(27)25-6-10(7-29-19(21)28)8-31-17(14)25/h2,4,6,9,11,14,17H,1,3,5,7-8H2,(H2,20,22)(H2,21,28)(H,23,26)/t11?,14?,17-/m0/s1. The lowest BCUT2D eigenvalue weighted by atomic mass is 10.1. The fraction of sp³-hybridized carbons (Fsp3) is 0.421. The molecule has 0 saturated carbocycles. The van der Waals surface area contributed by atoms with Crippen LogP contribution in [-0.4, -0.2) is 63.4 Å². The first-order valence-corrected chi connectivity index (χ1v) is 11.8. The summed E-state index contributed by atoms with van der Waals surface area (Å²) in [6, 6.07) is -0.724. The quantitative estimate of drug-likeness (QED) is 0.226. The molecule has 0 bridgehead atoms. The highest BCUT2D eigenvalue weighted by Gasteiger charge is 2.49. The Morgan fingerprint density at radius 3 is 2.94 bits per heavy atom. The number of aromatic nitrogens is 1. The highest BCUT2D eigenvalue weighted by atomic mass is 32.2. The molecule has 1 aliphatic carbocycles. The van der Waals surface area contributed by atoms with Crippen molar-refractivity contribution in [1.82, 2.24) is 15.2 Å². The predicted octanol–water partition coefficient (Wildman–Crippen LogP) is 0.934. The number of ether oxygens (including phenoxy) is 1. The largest absolute Gasteiger partial charge is 0.445 e. The first kappa shape index (κ1) is 22.1. The lowest BCUT2D eigenvalue weighted by Gasteiger charge is -2.47. The number of hydrogen-bond donors (Lipinski definition) is 3. The molecule has 3 aliphatic rings. The number of nitrogen functional groups attached to an aromatic ring is 1. The van der Waals surface area contributed by atoms with Crippen LogP contribution in [0.3, 0.4) is 0 Å². The maximum Gasteiger partial charge on any atom is 0.404 e. The van der Waals surface area contributed by atoms with Crippen LogP contribution in [0.4, 0.5) is 9.93 Å². The molecule has 4 rings (SSSR count). The monoisotopic (exact) mass is 478 g/mol. The number of nitrogens with two attached hydrogens (primary N) is 2. The summed E-state index contributed by atoms with van der Waals surface area (Å²) in [5.74, 6) is -0.310. The predicted molar refractivity (Wildman–Crippen MR) is 120 cm³/mol. The van der Waals surface area contributed by atoms with Crippen LogP contribution in [0.2, 0.25) is 0 Å². The number of nitrogens with zero attached hydrogens (tertiary/aromatic N) is 3. The molecule has 0 radical (unpaired) electrons. The van der Waals surface area contributed by atoms with Crippen molar-refractivity contribution in [3.05, 3.63) is 35.0 Å². The van der Waals surface area contributed by atoms with Crippen LogP contribution in [0.15, 0.2) is 34.5 Å². The van der Waals surface area contributed by atoms with Gasteiger partial charge in [0.25, 0.3) is 11.8 Å². The third-order valence-electron chi connectivity index (χ3n) is 5.00. The number of β-lactam (4-membered cyclic amide) rings is 1. The van der Waals surface area contributed by atoms with Gasteiger partial charge in [0.2, 0.25) is 0 Å². The number of primary amides is 1. The van der Waals surface area contributed by atoms with Gasteiger partial charge in [-0.3, -0.25) is 9.59 Å². The lowest BCUT2D eigenvalue weighted by Crippen LogP contribution is -2.69. The average molecular weight is 479 g/mol. The van der Waals surface area contributed by atoms with E-state index in [1.54, 1.807) is 11.6 Å². The zero-order valence-electron chi connectivity index (χ0n) is 16.9. The molecule has 1 aromatic heterocycles. The SMILES string of the molecule is NC(=O)OCC1=CN2C(=O)C(NC(=O)C(=NOC3C=CCCC3)c3csc(N)n3)[C@@H]2SC1. The maximum atomic E-state index is 13.0. The lowest BCUT2D eigenvalue weighted by molar-refractivity contribution is -0.143. The molecule has 2 unspecified atom stereocenters. The molecule has 1 aromatic rings. The fourth-order valence-electron chi connectivity index (χ4n) is 3.40. The molecule has 0 spiro atoms. The van der Waals surface area contributed by atoms with Crippen molar-refractivity contribution < 1.29 is 24.0 Å². The Kier molecular flexibility index (Phi) is 6.65. The van der Waals surface area contributed by atoms with Gasteiger partial charge in [0.05, 0.1) is 0 Å². The molecule has 2 aliphatic heterocycles. The van der Waals surface area contributed by atoms with E-state index in [-0.39, 0.29) is 35.4 Å². The summed E-state index contributed by atoms with van der Waals surface area (Å²) in [7, 11) is 0. The van der Waals surface area contributed by atoms with Gasteiger partial charge < -0.3 is 31.3 Å². The molecule has 3 amide bonds. The summed E-state index contributed by atoms with van der Waals surface area (Å²) in [5, 5.41) is 8.44. The van der Waals surface area contributed by atoms with E-state index < -0.39 is 18.0 Å². The number of amides is 3. The summed E-state index contributed by atoms with van der Waals surface area (Å²) >= 11 is 2.63. The van der Waals surface area contributed by atoms with Crippen molar-refractivity contribution >= 4 is 51.8 Å². The minimum atomic E-state index is -0.876. The van der Waals surface area contributed by atoms with E-state index >= 15 is 0 Å². The number of oxime groups is 1. The Morgan fingerprint density at radius 2 is 2.25 bits per heavy atom. The maximum absolute atomic E-state index is 13.0. The number of nitrogens with one attached hydrogen (secondary N) is 1. The first-order valence-electron chi connectivity index (χ1n) is 9.90. The molecule has 1 fully saturated rings. The van der Waals surface area contributed by atoms with Crippen LogP contribution in [0, 0.1) is 0 Å². The zero-order chi connectivity index (χ0) is 22.7. The van der Waals surface area contributed by atoms with Gasteiger partial charge >= 0.3 is 6.09 Å². The Morgan fingerprint density at radius 1 is 1.41 bits per heavy atom. The van der Waals surface area contributed by atoms with Gasteiger partial charge in [-0.25, -0.2) is 9.78 Å². The van der Waals surface area contributed by atoms with E-state index in [1.165, 1.54) is 28.0 Å². The second kappa shape index (κ2) is 9.61. The molecule has 13 heteroatoms. The molecule has 0 aromatic carbocycles. The molecule has 1 saturated heterocycles. The zero-order valence-corrected chi connectivity index (χ0v) is 18.6. The van der Waals surface area contributed by atoms with Crippen LogP contribution in [0.25, 0.3) is 0 Å². The average Bonchev–Trinajstić information content (AvgIpc) is 3.22. The summed E-state index contributed by atoms with van der Waals surface area (Å²) < 4.78 is 4.77. The van der Waals surface area contributed by atoms with Gasteiger partial charge in [-0.1, -0.05) is 11.2 Å². The van der Waals surface area contributed by atoms with Gasteiger partial charge in [-0.05, 0) is 30.9 Å². The normalized spacial score (nSPS) is 24.8. The third kappa shape index (κ3) is 4.88. The number of thiazole rings is 1. The number of allylic oxidation sites excluding steroid dienone is 1. The van der Waals surface area contributed by atoms with Gasteiger partial charge in [-0.2, -0.15) is 0 Å². The molecule has 170 valence electrons. The summed E-state index contributed by atoms with van der Waals surface area (Å²) in [5.41, 5.74) is 11.7. The smallest absolute Gasteiger partial charge is 0.404 e. The minimum absolute atomic E-state index is 0.0187. The van der Waals surface area contributed by atoms with Gasteiger partial charge in [0.15, 0.2) is 10.8 Å². The second-order valence-electron chi connectivity index (χ2n) is 7.31. The molecule has 11 nitrogen and oxygen atoms in total. The number of carbonyl (C=O) groups is 3. The fourth-order valence-corrected chi connectivity index (χ4v) is 5.19.